The third-order valence-electron chi connectivity index (χ3n) is 4.68. The fourth-order valence-corrected chi connectivity index (χ4v) is 4.34. The first-order valence-electron chi connectivity index (χ1n) is 8.67. The zero-order valence-corrected chi connectivity index (χ0v) is 15.8. The molecule has 26 heavy (non-hydrogen) atoms. The second-order valence-electron chi connectivity index (χ2n) is 6.31. The Labute approximate surface area is 161 Å². The van der Waals surface area contributed by atoms with Gasteiger partial charge in [0, 0.05) is 43.8 Å². The zero-order chi connectivity index (χ0) is 17.9. The Kier molecular flexibility index (Phi) is 5.47. The van der Waals surface area contributed by atoms with Crippen molar-refractivity contribution in [2.24, 2.45) is 0 Å². The van der Waals surface area contributed by atoms with Crippen molar-refractivity contribution in [1.29, 1.82) is 0 Å². The molecule has 0 radical (unpaired) electrons. The van der Waals surface area contributed by atoms with Crippen LogP contribution in [0.5, 0.6) is 0 Å². The highest BCUT2D eigenvalue weighted by molar-refractivity contribution is 7.99. The van der Waals surface area contributed by atoms with E-state index in [0.717, 1.165) is 48.3 Å². The quantitative estimate of drug-likeness (QED) is 0.794. The van der Waals surface area contributed by atoms with E-state index in [4.69, 9.17) is 16.3 Å². The summed E-state index contributed by atoms with van der Waals surface area (Å²) in [5.74, 6) is 3.72. The van der Waals surface area contributed by atoms with E-state index < -0.39 is 5.82 Å². The van der Waals surface area contributed by atoms with E-state index in [9.17, 15) is 4.39 Å². The fourth-order valence-electron chi connectivity index (χ4n) is 3.25. The van der Waals surface area contributed by atoms with E-state index in [1.165, 1.54) is 6.07 Å². The van der Waals surface area contributed by atoms with Crippen LogP contribution in [0.1, 0.15) is 11.7 Å². The molecule has 0 saturated carbocycles. The molecule has 0 amide bonds. The van der Waals surface area contributed by atoms with Gasteiger partial charge in [-0.3, -0.25) is 0 Å². The fraction of sp³-hybridized carbons (Fsp3) is 0.444. The average Bonchev–Trinajstić information content (AvgIpc) is 2.71. The summed E-state index contributed by atoms with van der Waals surface area (Å²) in [6, 6.07) is 6.81. The smallest absolute Gasteiger partial charge is 0.141 e. The SMILES string of the molecule is Fc1ccc(C2CN(c3cc(N4CCSCC4)ncn3)CCO2)cc1Cl. The third-order valence-corrected chi connectivity index (χ3v) is 5.91. The number of rotatable bonds is 3. The Bertz CT molecular complexity index is 775. The Morgan fingerprint density at radius 1 is 1.08 bits per heavy atom. The maximum atomic E-state index is 13.4. The number of hydrogen-bond acceptors (Lipinski definition) is 6. The number of aromatic nitrogens is 2. The van der Waals surface area contributed by atoms with Gasteiger partial charge in [0.2, 0.25) is 0 Å². The number of morpholine rings is 1. The van der Waals surface area contributed by atoms with Gasteiger partial charge in [0.15, 0.2) is 0 Å². The minimum absolute atomic E-state index is 0.121. The first-order chi connectivity index (χ1) is 12.7. The molecule has 2 aliphatic rings. The molecule has 1 aromatic heterocycles. The molecule has 4 rings (SSSR count). The molecular weight excluding hydrogens is 375 g/mol. The normalized spacial score (nSPS) is 21.1. The number of halogens is 2. The van der Waals surface area contributed by atoms with E-state index in [0.29, 0.717) is 13.2 Å². The lowest BCUT2D eigenvalue weighted by Crippen LogP contribution is -2.39. The summed E-state index contributed by atoms with van der Waals surface area (Å²) < 4.78 is 19.3. The minimum Gasteiger partial charge on any atom is -0.370 e. The van der Waals surface area contributed by atoms with Crippen LogP contribution in [0.25, 0.3) is 0 Å². The highest BCUT2D eigenvalue weighted by Gasteiger charge is 2.24. The Morgan fingerprint density at radius 3 is 2.62 bits per heavy atom. The summed E-state index contributed by atoms with van der Waals surface area (Å²) in [7, 11) is 0. The number of hydrogen-bond donors (Lipinski definition) is 0. The molecular formula is C18H20ClFN4OS. The van der Waals surface area contributed by atoms with E-state index in [1.54, 1.807) is 18.5 Å². The molecule has 3 heterocycles. The summed E-state index contributed by atoms with van der Waals surface area (Å²) in [6.45, 7) is 4.02. The van der Waals surface area contributed by atoms with E-state index in [2.05, 4.69) is 25.8 Å². The van der Waals surface area contributed by atoms with E-state index in [-0.39, 0.29) is 11.1 Å². The predicted octanol–water partition coefficient (Wildman–Crippen LogP) is 3.40. The van der Waals surface area contributed by atoms with Crippen molar-refractivity contribution in [3.05, 3.63) is 47.0 Å². The molecule has 138 valence electrons. The molecule has 1 aromatic carbocycles. The second kappa shape index (κ2) is 7.98. The van der Waals surface area contributed by atoms with E-state index >= 15 is 0 Å². The minimum atomic E-state index is -0.414. The van der Waals surface area contributed by atoms with Crippen LogP contribution in [0.2, 0.25) is 5.02 Å². The Morgan fingerprint density at radius 2 is 1.85 bits per heavy atom. The molecule has 0 spiro atoms. The van der Waals surface area contributed by atoms with Crippen molar-refractivity contribution >= 4 is 35.0 Å². The molecule has 2 saturated heterocycles. The van der Waals surface area contributed by atoms with Crippen LogP contribution >= 0.6 is 23.4 Å². The van der Waals surface area contributed by atoms with E-state index in [1.807, 2.05) is 11.8 Å². The van der Waals surface area contributed by atoms with Crippen molar-refractivity contribution in [3.8, 4) is 0 Å². The molecule has 1 atom stereocenters. The molecule has 2 aromatic rings. The Hall–Kier alpha value is -1.57. The van der Waals surface area contributed by atoms with Crippen LogP contribution in [0.4, 0.5) is 16.0 Å². The van der Waals surface area contributed by atoms with Crippen LogP contribution in [-0.2, 0) is 4.74 Å². The first kappa shape index (κ1) is 17.8. The molecule has 5 nitrogen and oxygen atoms in total. The third kappa shape index (κ3) is 3.89. The summed E-state index contributed by atoms with van der Waals surface area (Å²) in [5, 5.41) is 0.121. The zero-order valence-electron chi connectivity index (χ0n) is 14.3. The van der Waals surface area contributed by atoms with Crippen molar-refractivity contribution in [1.82, 2.24) is 9.97 Å². The van der Waals surface area contributed by atoms with Crippen molar-refractivity contribution in [3.63, 3.8) is 0 Å². The maximum absolute atomic E-state index is 13.4. The topological polar surface area (TPSA) is 41.5 Å². The number of nitrogens with zero attached hydrogens (tertiary/aromatic N) is 4. The molecule has 0 bridgehead atoms. The lowest BCUT2D eigenvalue weighted by Gasteiger charge is -2.34. The van der Waals surface area contributed by atoms with Crippen molar-refractivity contribution < 1.29 is 9.13 Å². The number of anilines is 2. The predicted molar refractivity (Wildman–Crippen MR) is 104 cm³/mol. The van der Waals surface area contributed by atoms with Crippen LogP contribution in [0.3, 0.4) is 0 Å². The van der Waals surface area contributed by atoms with Crippen LogP contribution in [-0.4, -0.2) is 54.3 Å². The van der Waals surface area contributed by atoms with Gasteiger partial charge < -0.3 is 14.5 Å². The maximum Gasteiger partial charge on any atom is 0.141 e. The van der Waals surface area contributed by atoms with Gasteiger partial charge in [0.05, 0.1) is 11.6 Å². The summed E-state index contributed by atoms with van der Waals surface area (Å²) in [5.41, 5.74) is 0.878. The summed E-state index contributed by atoms with van der Waals surface area (Å²) >= 11 is 7.90. The Balaban J connectivity index is 1.51. The standard InChI is InChI=1S/C18H20ClFN4OS/c19-14-9-13(1-2-15(14)20)16-11-24(3-6-25-16)18-10-17(21-12-22-18)23-4-7-26-8-5-23/h1-2,9-10,12,16H,3-8,11H2. The van der Waals surface area contributed by atoms with Crippen molar-refractivity contribution in [2.45, 2.75) is 6.10 Å². The number of thioether (sulfide) groups is 1. The van der Waals surface area contributed by atoms with Gasteiger partial charge in [-0.15, -0.1) is 0 Å². The molecule has 0 N–H and O–H groups in total. The largest absolute Gasteiger partial charge is 0.370 e. The van der Waals surface area contributed by atoms with Crippen LogP contribution in [0, 0.1) is 5.82 Å². The van der Waals surface area contributed by atoms with Gasteiger partial charge in [-0.1, -0.05) is 17.7 Å². The lowest BCUT2D eigenvalue weighted by molar-refractivity contribution is 0.0395. The summed E-state index contributed by atoms with van der Waals surface area (Å²) in [6.07, 6.45) is 1.47. The van der Waals surface area contributed by atoms with Crippen LogP contribution in [0.15, 0.2) is 30.6 Å². The number of benzene rings is 1. The highest BCUT2D eigenvalue weighted by atomic mass is 35.5. The van der Waals surface area contributed by atoms with Gasteiger partial charge in [-0.2, -0.15) is 11.8 Å². The average molecular weight is 395 g/mol. The molecule has 2 aliphatic heterocycles. The molecule has 1 unspecified atom stereocenters. The molecule has 2 fully saturated rings. The number of ether oxygens (including phenoxy) is 1. The first-order valence-corrected chi connectivity index (χ1v) is 10.2. The van der Waals surface area contributed by atoms with Crippen LogP contribution < -0.4 is 9.80 Å². The monoisotopic (exact) mass is 394 g/mol. The van der Waals surface area contributed by atoms with Gasteiger partial charge in [0.1, 0.15) is 29.9 Å². The van der Waals surface area contributed by atoms with Crippen molar-refractivity contribution in [2.75, 3.05) is 54.1 Å². The molecule has 0 aliphatic carbocycles. The van der Waals surface area contributed by atoms with Gasteiger partial charge >= 0.3 is 0 Å². The lowest BCUT2D eigenvalue weighted by atomic mass is 10.1. The summed E-state index contributed by atoms with van der Waals surface area (Å²) in [4.78, 5) is 13.4. The van der Waals surface area contributed by atoms with Gasteiger partial charge in [0.25, 0.3) is 0 Å². The second-order valence-corrected chi connectivity index (χ2v) is 7.94. The highest BCUT2D eigenvalue weighted by Crippen LogP contribution is 2.29. The molecule has 8 heteroatoms. The van der Waals surface area contributed by atoms with Gasteiger partial charge in [-0.25, -0.2) is 14.4 Å². The van der Waals surface area contributed by atoms with Gasteiger partial charge in [-0.05, 0) is 17.7 Å².